The van der Waals surface area contributed by atoms with E-state index in [0.29, 0.717) is 11.5 Å². The van der Waals surface area contributed by atoms with Gasteiger partial charge in [-0.05, 0) is 73.9 Å². The van der Waals surface area contributed by atoms with Crippen LogP contribution in [0.5, 0.6) is 23.0 Å². The lowest BCUT2D eigenvalue weighted by atomic mass is 9.66. The van der Waals surface area contributed by atoms with E-state index >= 15 is 0 Å². The largest absolute Gasteiger partial charge is 0.454 e. The van der Waals surface area contributed by atoms with E-state index in [0.717, 1.165) is 87.3 Å². The molecular weight excluding hydrogens is 532 g/mol. The summed E-state index contributed by atoms with van der Waals surface area (Å²) in [5.41, 5.74) is 1.94. The van der Waals surface area contributed by atoms with E-state index in [9.17, 15) is 9.59 Å². The third-order valence-corrected chi connectivity index (χ3v) is 9.34. The van der Waals surface area contributed by atoms with Crippen molar-refractivity contribution in [1.29, 1.82) is 0 Å². The summed E-state index contributed by atoms with van der Waals surface area (Å²) in [5.74, 6) is 1.72. The molecule has 5 aliphatic rings. The van der Waals surface area contributed by atoms with Crippen LogP contribution in [-0.4, -0.2) is 61.4 Å². The van der Waals surface area contributed by atoms with Crippen LogP contribution in [0.25, 0.3) is 6.08 Å². The zero-order valence-corrected chi connectivity index (χ0v) is 23.9. The molecule has 2 aromatic carbocycles. The highest BCUT2D eigenvalue weighted by atomic mass is 16.7. The van der Waals surface area contributed by atoms with E-state index in [1.807, 2.05) is 52.3 Å². The molecule has 7 rings (SSSR count). The average Bonchev–Trinajstić information content (AvgIpc) is 3.72. The molecule has 2 fully saturated rings. The van der Waals surface area contributed by atoms with Gasteiger partial charge in [0.2, 0.25) is 25.4 Å². The number of amides is 2. The van der Waals surface area contributed by atoms with E-state index < -0.39 is 11.8 Å². The number of carbonyl (C=O) groups excluding carboxylic acids is 2. The van der Waals surface area contributed by atoms with Gasteiger partial charge in [-0.1, -0.05) is 36.4 Å². The zero-order chi connectivity index (χ0) is 28.5. The van der Waals surface area contributed by atoms with Crippen LogP contribution in [0.1, 0.15) is 55.6 Å². The Labute approximate surface area is 246 Å². The minimum Gasteiger partial charge on any atom is -0.454 e. The number of hydrogen-bond donors (Lipinski definition) is 0. The SMILES string of the molecule is O=C([C@H]1[C@H](/C=C/c2ccc3c(c2)OCO3)[C@@H](C(=O)N2CCCCC2)C=C[C@H]1c1ccc2c(c1)OCO2)N1CCCCC1. The Balaban J connectivity index is 1.29. The molecule has 8 nitrogen and oxygen atoms in total. The molecule has 0 bridgehead atoms. The van der Waals surface area contributed by atoms with Gasteiger partial charge in [0.15, 0.2) is 23.0 Å². The quantitative estimate of drug-likeness (QED) is 0.449. The molecule has 0 spiro atoms. The smallest absolute Gasteiger partial charge is 0.231 e. The molecule has 0 radical (unpaired) electrons. The highest BCUT2D eigenvalue weighted by Gasteiger charge is 2.45. The third-order valence-electron chi connectivity index (χ3n) is 9.34. The van der Waals surface area contributed by atoms with Crippen molar-refractivity contribution in [2.75, 3.05) is 39.8 Å². The van der Waals surface area contributed by atoms with Crippen molar-refractivity contribution in [2.45, 2.75) is 44.4 Å². The fraction of sp³-hybridized carbons (Fsp3) is 0.471. The number of benzene rings is 2. The lowest BCUT2D eigenvalue weighted by molar-refractivity contribution is -0.142. The minimum atomic E-state index is -0.433. The molecule has 42 heavy (non-hydrogen) atoms. The van der Waals surface area contributed by atoms with Gasteiger partial charge in [0, 0.05) is 38.0 Å². The van der Waals surface area contributed by atoms with Gasteiger partial charge in [0.25, 0.3) is 0 Å². The molecule has 0 saturated carbocycles. The zero-order valence-electron chi connectivity index (χ0n) is 23.9. The maximum atomic E-state index is 14.5. The van der Waals surface area contributed by atoms with Crippen molar-refractivity contribution in [2.24, 2.45) is 17.8 Å². The molecule has 220 valence electrons. The number of carbonyl (C=O) groups is 2. The molecule has 4 aliphatic heterocycles. The molecule has 8 heteroatoms. The summed E-state index contributed by atoms with van der Waals surface area (Å²) in [6, 6.07) is 11.8. The van der Waals surface area contributed by atoms with Gasteiger partial charge in [0.05, 0.1) is 11.8 Å². The number of likely N-dealkylation sites (tertiary alicyclic amines) is 2. The van der Waals surface area contributed by atoms with E-state index in [-0.39, 0.29) is 37.2 Å². The lowest BCUT2D eigenvalue weighted by Gasteiger charge is -2.42. The van der Waals surface area contributed by atoms with Crippen molar-refractivity contribution < 1.29 is 28.5 Å². The van der Waals surface area contributed by atoms with Gasteiger partial charge in [0.1, 0.15) is 0 Å². The Morgan fingerprint density at radius 3 is 1.95 bits per heavy atom. The number of ether oxygens (including phenoxy) is 4. The molecular formula is C34H38N2O6. The van der Waals surface area contributed by atoms with E-state index in [1.54, 1.807) is 0 Å². The Morgan fingerprint density at radius 2 is 1.26 bits per heavy atom. The maximum absolute atomic E-state index is 14.5. The van der Waals surface area contributed by atoms with Crippen molar-refractivity contribution in [3.8, 4) is 23.0 Å². The molecule has 2 aromatic rings. The normalized spacial score (nSPS) is 26.6. The molecule has 4 atom stereocenters. The number of fused-ring (bicyclic) bond motifs is 2. The molecule has 0 aromatic heterocycles. The summed E-state index contributed by atoms with van der Waals surface area (Å²) < 4.78 is 22.4. The highest BCUT2D eigenvalue weighted by molar-refractivity contribution is 5.86. The summed E-state index contributed by atoms with van der Waals surface area (Å²) >= 11 is 0. The third kappa shape index (κ3) is 5.23. The second-order valence-corrected chi connectivity index (χ2v) is 11.9. The monoisotopic (exact) mass is 570 g/mol. The average molecular weight is 571 g/mol. The van der Waals surface area contributed by atoms with Gasteiger partial charge in [-0.25, -0.2) is 0 Å². The first-order valence-electron chi connectivity index (χ1n) is 15.4. The Hall–Kier alpha value is -3.94. The highest BCUT2D eigenvalue weighted by Crippen LogP contribution is 2.46. The Bertz CT molecular complexity index is 1390. The van der Waals surface area contributed by atoms with Gasteiger partial charge >= 0.3 is 0 Å². The summed E-state index contributed by atoms with van der Waals surface area (Å²) in [6.07, 6.45) is 14.7. The van der Waals surface area contributed by atoms with Crippen LogP contribution in [0, 0.1) is 17.8 Å². The predicted octanol–water partition coefficient (Wildman–Crippen LogP) is 5.38. The van der Waals surface area contributed by atoms with Crippen LogP contribution in [0.15, 0.2) is 54.6 Å². The fourth-order valence-corrected chi connectivity index (χ4v) is 7.08. The number of allylic oxidation sites excluding steroid dienone is 2. The standard InChI is InChI=1S/C34H38N2O6/c37-33(35-15-3-1-4-16-35)27-12-11-25(24-9-14-29-31(20-24)42-22-40-29)32(34(38)36-17-5-2-6-18-36)26(27)10-7-23-8-13-28-30(19-23)41-21-39-28/h7-14,19-20,25-27,32H,1-6,15-18,21-22H2/b10-7+/t25-,26+,27-,32+/m0/s1. The van der Waals surface area contributed by atoms with Crippen LogP contribution in [0.3, 0.4) is 0 Å². The maximum Gasteiger partial charge on any atom is 0.231 e. The Kier molecular flexibility index (Phi) is 7.53. The molecule has 2 amide bonds. The number of nitrogens with zero attached hydrogens (tertiary/aromatic N) is 2. The van der Waals surface area contributed by atoms with Crippen molar-refractivity contribution in [1.82, 2.24) is 9.80 Å². The van der Waals surface area contributed by atoms with Gasteiger partial charge in [-0.15, -0.1) is 0 Å². The van der Waals surface area contributed by atoms with Crippen molar-refractivity contribution >= 4 is 17.9 Å². The molecule has 0 N–H and O–H groups in total. The summed E-state index contributed by atoms with van der Waals surface area (Å²) in [6.45, 7) is 3.48. The Morgan fingerprint density at radius 1 is 0.667 bits per heavy atom. The predicted molar refractivity (Wildman–Crippen MR) is 157 cm³/mol. The minimum absolute atomic E-state index is 0.117. The second-order valence-electron chi connectivity index (χ2n) is 11.9. The summed E-state index contributed by atoms with van der Waals surface area (Å²) in [7, 11) is 0. The van der Waals surface area contributed by atoms with E-state index in [4.69, 9.17) is 18.9 Å². The van der Waals surface area contributed by atoms with Gasteiger partial charge in [-0.3, -0.25) is 9.59 Å². The number of hydrogen-bond acceptors (Lipinski definition) is 6. The molecule has 4 heterocycles. The molecule has 0 unspecified atom stereocenters. The molecule has 1 aliphatic carbocycles. The second kappa shape index (κ2) is 11.7. The van der Waals surface area contributed by atoms with Crippen LogP contribution < -0.4 is 18.9 Å². The van der Waals surface area contributed by atoms with Crippen LogP contribution in [-0.2, 0) is 9.59 Å². The number of rotatable bonds is 5. The fourth-order valence-electron chi connectivity index (χ4n) is 7.08. The van der Waals surface area contributed by atoms with Crippen LogP contribution in [0.2, 0.25) is 0 Å². The molecule has 2 saturated heterocycles. The van der Waals surface area contributed by atoms with E-state index in [1.165, 1.54) is 0 Å². The van der Waals surface area contributed by atoms with Crippen LogP contribution >= 0.6 is 0 Å². The number of piperidine rings is 2. The summed E-state index contributed by atoms with van der Waals surface area (Å²) in [4.78, 5) is 32.7. The van der Waals surface area contributed by atoms with Crippen LogP contribution in [0.4, 0.5) is 0 Å². The van der Waals surface area contributed by atoms with Crippen molar-refractivity contribution in [3.05, 3.63) is 65.8 Å². The van der Waals surface area contributed by atoms with Gasteiger partial charge < -0.3 is 28.7 Å². The summed E-state index contributed by atoms with van der Waals surface area (Å²) in [5, 5.41) is 0. The van der Waals surface area contributed by atoms with E-state index in [2.05, 4.69) is 18.2 Å². The first kappa shape index (κ1) is 26.9. The first-order chi connectivity index (χ1) is 20.7. The topological polar surface area (TPSA) is 77.5 Å². The van der Waals surface area contributed by atoms with Gasteiger partial charge in [-0.2, -0.15) is 0 Å². The first-order valence-corrected chi connectivity index (χ1v) is 15.4. The van der Waals surface area contributed by atoms with Crippen molar-refractivity contribution in [3.63, 3.8) is 0 Å². The lowest BCUT2D eigenvalue weighted by Crippen LogP contribution is -2.49.